The maximum atomic E-state index is 11.2. The molecule has 0 aliphatic rings. The molecule has 0 saturated heterocycles. The molecule has 0 aromatic carbocycles. The summed E-state index contributed by atoms with van der Waals surface area (Å²) in [6.07, 6.45) is -2.30. The van der Waals surface area contributed by atoms with E-state index >= 15 is 0 Å². The van der Waals surface area contributed by atoms with Crippen LogP contribution in [-0.4, -0.2) is 47.4 Å². The minimum atomic E-state index is -1.83. The lowest BCUT2D eigenvalue weighted by molar-refractivity contribution is -0.163. The van der Waals surface area contributed by atoms with Crippen molar-refractivity contribution < 1.29 is 24.5 Å². The fourth-order valence-corrected chi connectivity index (χ4v) is 0.913. The zero-order valence-electron chi connectivity index (χ0n) is 9.60. The first-order valence-corrected chi connectivity index (χ1v) is 5.35. The van der Waals surface area contributed by atoms with Gasteiger partial charge in [-0.2, -0.15) is 0 Å². The SMILES string of the molecule is CCCNC(=O)C(O)C(O)C(=O)OCCC. The van der Waals surface area contributed by atoms with Crippen molar-refractivity contribution in [1.82, 2.24) is 5.32 Å². The molecule has 3 N–H and O–H groups in total. The average Bonchev–Trinajstić information content (AvgIpc) is 2.30. The van der Waals surface area contributed by atoms with Gasteiger partial charge in [-0.25, -0.2) is 4.79 Å². The second-order valence-corrected chi connectivity index (χ2v) is 3.35. The van der Waals surface area contributed by atoms with Crippen LogP contribution in [0.2, 0.25) is 0 Å². The molecule has 94 valence electrons. The van der Waals surface area contributed by atoms with E-state index in [4.69, 9.17) is 0 Å². The number of ether oxygens (including phenoxy) is 1. The second kappa shape index (κ2) is 8.06. The topological polar surface area (TPSA) is 95.9 Å². The lowest BCUT2D eigenvalue weighted by atomic mass is 10.2. The maximum absolute atomic E-state index is 11.2. The quantitative estimate of drug-likeness (QED) is 0.500. The minimum Gasteiger partial charge on any atom is -0.464 e. The van der Waals surface area contributed by atoms with E-state index in [9.17, 15) is 19.8 Å². The molecule has 0 radical (unpaired) electrons. The van der Waals surface area contributed by atoms with Gasteiger partial charge < -0.3 is 20.3 Å². The summed E-state index contributed by atoms with van der Waals surface area (Å²) in [5.41, 5.74) is 0. The molecule has 0 heterocycles. The summed E-state index contributed by atoms with van der Waals surface area (Å²) in [4.78, 5) is 22.3. The molecular weight excluding hydrogens is 214 g/mol. The molecule has 6 nitrogen and oxygen atoms in total. The molecule has 6 heteroatoms. The van der Waals surface area contributed by atoms with E-state index in [1.165, 1.54) is 0 Å². The highest BCUT2D eigenvalue weighted by Gasteiger charge is 2.31. The van der Waals surface area contributed by atoms with Crippen molar-refractivity contribution in [2.75, 3.05) is 13.2 Å². The third-order valence-electron chi connectivity index (χ3n) is 1.81. The van der Waals surface area contributed by atoms with Crippen LogP contribution < -0.4 is 5.32 Å². The Bertz CT molecular complexity index is 207. The Morgan fingerprint density at radius 2 is 1.81 bits per heavy atom. The zero-order valence-corrected chi connectivity index (χ0v) is 9.60. The van der Waals surface area contributed by atoms with E-state index in [2.05, 4.69) is 10.1 Å². The number of aliphatic hydroxyl groups is 2. The molecule has 0 saturated carbocycles. The van der Waals surface area contributed by atoms with Gasteiger partial charge in [0.2, 0.25) is 0 Å². The third kappa shape index (κ3) is 5.09. The number of carbonyl (C=O) groups excluding carboxylic acids is 2. The zero-order chi connectivity index (χ0) is 12.6. The number of esters is 1. The molecule has 0 bridgehead atoms. The Morgan fingerprint density at radius 1 is 1.19 bits per heavy atom. The van der Waals surface area contributed by atoms with Crippen molar-refractivity contribution in [3.63, 3.8) is 0 Å². The first-order valence-electron chi connectivity index (χ1n) is 5.35. The normalized spacial score (nSPS) is 14.0. The number of carbonyl (C=O) groups is 2. The van der Waals surface area contributed by atoms with Crippen molar-refractivity contribution in [3.8, 4) is 0 Å². The van der Waals surface area contributed by atoms with Gasteiger partial charge in [0.25, 0.3) is 5.91 Å². The molecule has 0 fully saturated rings. The number of aliphatic hydroxyl groups excluding tert-OH is 2. The smallest absolute Gasteiger partial charge is 0.338 e. The summed E-state index contributed by atoms with van der Waals surface area (Å²) in [5, 5.41) is 21.0. The van der Waals surface area contributed by atoms with Crippen LogP contribution in [0.1, 0.15) is 26.7 Å². The molecular formula is C10H19NO5. The summed E-state index contributed by atoms with van der Waals surface area (Å²) in [7, 11) is 0. The van der Waals surface area contributed by atoms with Crippen molar-refractivity contribution in [2.45, 2.75) is 38.9 Å². The predicted octanol–water partition coefficient (Wildman–Crippen LogP) is -0.812. The van der Waals surface area contributed by atoms with Crippen LogP contribution in [-0.2, 0) is 14.3 Å². The van der Waals surface area contributed by atoms with Crippen molar-refractivity contribution in [3.05, 3.63) is 0 Å². The Labute approximate surface area is 94.6 Å². The van der Waals surface area contributed by atoms with E-state index in [0.29, 0.717) is 19.4 Å². The molecule has 16 heavy (non-hydrogen) atoms. The van der Waals surface area contributed by atoms with Gasteiger partial charge in [0.05, 0.1) is 6.61 Å². The first kappa shape index (κ1) is 14.9. The molecule has 0 aliphatic carbocycles. The van der Waals surface area contributed by atoms with Crippen LogP contribution in [0.3, 0.4) is 0 Å². The van der Waals surface area contributed by atoms with E-state index in [0.717, 1.165) is 0 Å². The molecule has 0 aromatic heterocycles. The number of amides is 1. The monoisotopic (exact) mass is 233 g/mol. The van der Waals surface area contributed by atoms with Gasteiger partial charge in [0.15, 0.2) is 12.2 Å². The van der Waals surface area contributed by atoms with Gasteiger partial charge in [-0.05, 0) is 12.8 Å². The van der Waals surface area contributed by atoms with Gasteiger partial charge >= 0.3 is 5.97 Å². The van der Waals surface area contributed by atoms with Crippen LogP contribution in [0.5, 0.6) is 0 Å². The van der Waals surface area contributed by atoms with Gasteiger partial charge in [0, 0.05) is 6.54 Å². The standard InChI is InChI=1S/C10H19NO5/c1-3-5-11-9(14)7(12)8(13)10(15)16-6-4-2/h7-8,12-13H,3-6H2,1-2H3,(H,11,14). The number of hydrogen-bond donors (Lipinski definition) is 3. The van der Waals surface area contributed by atoms with Gasteiger partial charge in [0.1, 0.15) is 0 Å². The number of rotatable bonds is 7. The van der Waals surface area contributed by atoms with E-state index < -0.39 is 24.1 Å². The number of hydrogen-bond acceptors (Lipinski definition) is 5. The highest BCUT2D eigenvalue weighted by Crippen LogP contribution is 1.98. The van der Waals surface area contributed by atoms with E-state index in [-0.39, 0.29) is 6.61 Å². The van der Waals surface area contributed by atoms with Crippen molar-refractivity contribution in [2.24, 2.45) is 0 Å². The summed E-state index contributed by atoms with van der Waals surface area (Å²) >= 11 is 0. The highest BCUT2D eigenvalue weighted by atomic mass is 16.5. The predicted molar refractivity (Wildman–Crippen MR) is 56.6 cm³/mol. The van der Waals surface area contributed by atoms with Crippen LogP contribution in [0.25, 0.3) is 0 Å². The van der Waals surface area contributed by atoms with Crippen LogP contribution in [0.4, 0.5) is 0 Å². The lowest BCUT2D eigenvalue weighted by Crippen LogP contribution is -2.46. The fourth-order valence-electron chi connectivity index (χ4n) is 0.913. The fraction of sp³-hybridized carbons (Fsp3) is 0.800. The number of nitrogens with one attached hydrogen (secondary N) is 1. The summed E-state index contributed by atoms with van der Waals surface area (Å²) in [6, 6.07) is 0. The summed E-state index contributed by atoms with van der Waals surface area (Å²) < 4.78 is 4.60. The lowest BCUT2D eigenvalue weighted by Gasteiger charge is -2.16. The Kier molecular flexibility index (Phi) is 7.49. The molecule has 1 amide bonds. The van der Waals surface area contributed by atoms with Crippen LogP contribution in [0.15, 0.2) is 0 Å². The molecule has 0 rings (SSSR count). The largest absolute Gasteiger partial charge is 0.464 e. The Balaban J connectivity index is 4.09. The molecule has 2 atom stereocenters. The Morgan fingerprint density at radius 3 is 2.31 bits per heavy atom. The van der Waals surface area contributed by atoms with Gasteiger partial charge in [-0.15, -0.1) is 0 Å². The van der Waals surface area contributed by atoms with Gasteiger partial charge in [-0.3, -0.25) is 4.79 Å². The molecule has 0 aliphatic heterocycles. The van der Waals surface area contributed by atoms with Crippen LogP contribution in [0, 0.1) is 0 Å². The minimum absolute atomic E-state index is 0.152. The molecule has 0 aromatic rings. The van der Waals surface area contributed by atoms with Gasteiger partial charge in [-0.1, -0.05) is 13.8 Å². The average molecular weight is 233 g/mol. The highest BCUT2D eigenvalue weighted by molar-refractivity contribution is 5.88. The van der Waals surface area contributed by atoms with E-state index in [1.54, 1.807) is 6.92 Å². The molecule has 2 unspecified atom stereocenters. The first-order chi connectivity index (χ1) is 7.54. The molecule has 0 spiro atoms. The van der Waals surface area contributed by atoms with Crippen molar-refractivity contribution in [1.29, 1.82) is 0 Å². The third-order valence-corrected chi connectivity index (χ3v) is 1.81. The maximum Gasteiger partial charge on any atom is 0.338 e. The summed E-state index contributed by atoms with van der Waals surface area (Å²) in [5.74, 6) is -1.76. The van der Waals surface area contributed by atoms with Crippen LogP contribution >= 0.6 is 0 Å². The summed E-state index contributed by atoms with van der Waals surface area (Å²) in [6.45, 7) is 4.18. The second-order valence-electron chi connectivity index (χ2n) is 3.35. The van der Waals surface area contributed by atoms with E-state index in [1.807, 2.05) is 6.92 Å². The van der Waals surface area contributed by atoms with Crippen molar-refractivity contribution >= 4 is 11.9 Å². The Hall–Kier alpha value is -1.14.